The lowest BCUT2D eigenvalue weighted by atomic mass is 9.98. The van der Waals surface area contributed by atoms with Crippen molar-refractivity contribution in [2.24, 2.45) is 5.73 Å². The number of aromatic carboxylic acids is 1. The Morgan fingerprint density at radius 3 is 2.83 bits per heavy atom. The number of hydrogen-bond donors (Lipinski definition) is 2. The van der Waals surface area contributed by atoms with E-state index in [1.165, 1.54) is 0 Å². The maximum absolute atomic E-state index is 11.0. The lowest BCUT2D eigenvalue weighted by molar-refractivity contribution is 0.0696. The second-order valence-electron chi connectivity index (χ2n) is 5.16. The Morgan fingerprint density at radius 2 is 2.22 bits per heavy atom. The number of benzene rings is 1. The number of nitrogens with two attached hydrogens (primary N) is 1. The van der Waals surface area contributed by atoms with E-state index in [9.17, 15) is 4.79 Å². The van der Waals surface area contributed by atoms with Crippen LogP contribution in [0.15, 0.2) is 24.3 Å². The second-order valence-corrected chi connectivity index (χ2v) is 5.16. The fourth-order valence-electron chi connectivity index (χ4n) is 2.71. The summed E-state index contributed by atoms with van der Waals surface area (Å²) in [5.41, 5.74) is 7.51. The van der Waals surface area contributed by atoms with Gasteiger partial charge in [-0.05, 0) is 38.0 Å². The summed E-state index contributed by atoms with van der Waals surface area (Å²) in [7, 11) is 0. The van der Waals surface area contributed by atoms with Crippen LogP contribution in [0.2, 0.25) is 0 Å². The van der Waals surface area contributed by atoms with Gasteiger partial charge >= 0.3 is 5.97 Å². The molecule has 0 spiro atoms. The van der Waals surface area contributed by atoms with Crippen LogP contribution in [0.4, 0.5) is 0 Å². The summed E-state index contributed by atoms with van der Waals surface area (Å²) in [6, 6.07) is 7.75. The predicted octanol–water partition coefficient (Wildman–Crippen LogP) is 1.87. The third-order valence-corrected chi connectivity index (χ3v) is 3.62. The number of hydrogen-bond acceptors (Lipinski definition) is 3. The van der Waals surface area contributed by atoms with Crippen LogP contribution in [0.5, 0.6) is 0 Å². The first-order chi connectivity index (χ1) is 8.50. The smallest absolute Gasteiger partial charge is 0.335 e. The molecule has 0 saturated carbocycles. The zero-order chi connectivity index (χ0) is 13.3. The highest BCUT2D eigenvalue weighted by Gasteiger charge is 2.34. The molecular formula is C14H20N2O2. The number of nitrogens with zero attached hydrogens (tertiary/aromatic N) is 1. The van der Waals surface area contributed by atoms with E-state index in [4.69, 9.17) is 10.8 Å². The highest BCUT2D eigenvalue weighted by molar-refractivity contribution is 5.87. The van der Waals surface area contributed by atoms with Gasteiger partial charge in [0, 0.05) is 18.6 Å². The second kappa shape index (κ2) is 5.08. The molecule has 1 aromatic carbocycles. The zero-order valence-electron chi connectivity index (χ0n) is 10.8. The van der Waals surface area contributed by atoms with Gasteiger partial charge in [0.1, 0.15) is 0 Å². The molecule has 0 amide bonds. The minimum Gasteiger partial charge on any atom is -0.478 e. The maximum atomic E-state index is 11.0. The summed E-state index contributed by atoms with van der Waals surface area (Å²) >= 11 is 0. The molecule has 2 atom stereocenters. The van der Waals surface area contributed by atoms with Crippen LogP contribution in [-0.4, -0.2) is 34.6 Å². The van der Waals surface area contributed by atoms with E-state index in [2.05, 4.69) is 18.7 Å². The molecule has 98 valence electrons. The summed E-state index contributed by atoms with van der Waals surface area (Å²) in [6.07, 6.45) is 0.958. The van der Waals surface area contributed by atoms with Gasteiger partial charge < -0.3 is 10.8 Å². The number of carboxylic acids is 1. The van der Waals surface area contributed by atoms with Gasteiger partial charge in [0.25, 0.3) is 0 Å². The molecule has 0 radical (unpaired) electrons. The fraction of sp³-hybridized carbons (Fsp3) is 0.500. The summed E-state index contributed by atoms with van der Waals surface area (Å²) in [5.74, 6) is -0.889. The Balaban J connectivity index is 2.34. The minimum absolute atomic E-state index is 0.0800. The van der Waals surface area contributed by atoms with Crippen LogP contribution < -0.4 is 5.73 Å². The van der Waals surface area contributed by atoms with Crippen molar-refractivity contribution in [3.63, 3.8) is 0 Å². The molecule has 0 aliphatic carbocycles. The number of rotatable bonds is 3. The van der Waals surface area contributed by atoms with E-state index in [1.807, 2.05) is 6.07 Å². The van der Waals surface area contributed by atoms with Crippen LogP contribution in [0.25, 0.3) is 0 Å². The first-order valence-electron chi connectivity index (χ1n) is 6.35. The molecule has 0 unspecified atom stereocenters. The van der Waals surface area contributed by atoms with E-state index in [1.54, 1.807) is 18.2 Å². The zero-order valence-corrected chi connectivity index (χ0v) is 10.8. The lowest BCUT2D eigenvalue weighted by Crippen LogP contribution is -2.36. The average molecular weight is 248 g/mol. The minimum atomic E-state index is -0.889. The van der Waals surface area contributed by atoms with Crippen molar-refractivity contribution < 1.29 is 9.90 Å². The Morgan fingerprint density at radius 1 is 1.50 bits per heavy atom. The van der Waals surface area contributed by atoms with Crippen LogP contribution in [0, 0.1) is 0 Å². The van der Waals surface area contributed by atoms with E-state index in [0.29, 0.717) is 11.6 Å². The van der Waals surface area contributed by atoms with Gasteiger partial charge in [-0.1, -0.05) is 12.1 Å². The van der Waals surface area contributed by atoms with Crippen molar-refractivity contribution in [2.45, 2.75) is 38.4 Å². The Kier molecular flexibility index (Phi) is 3.68. The topological polar surface area (TPSA) is 66.6 Å². The quantitative estimate of drug-likeness (QED) is 0.857. The first kappa shape index (κ1) is 13.1. The van der Waals surface area contributed by atoms with Crippen molar-refractivity contribution in [3.8, 4) is 0 Å². The first-order valence-corrected chi connectivity index (χ1v) is 6.35. The van der Waals surface area contributed by atoms with Gasteiger partial charge in [0.2, 0.25) is 0 Å². The highest BCUT2D eigenvalue weighted by Crippen LogP contribution is 2.33. The van der Waals surface area contributed by atoms with E-state index in [0.717, 1.165) is 18.5 Å². The fourth-order valence-corrected chi connectivity index (χ4v) is 2.71. The molecule has 0 bridgehead atoms. The Hall–Kier alpha value is -1.39. The molecule has 1 saturated heterocycles. The van der Waals surface area contributed by atoms with E-state index < -0.39 is 5.97 Å². The van der Waals surface area contributed by atoms with Crippen LogP contribution >= 0.6 is 0 Å². The normalized spacial score (nSPS) is 24.7. The van der Waals surface area contributed by atoms with Crippen molar-refractivity contribution in [1.29, 1.82) is 0 Å². The van der Waals surface area contributed by atoms with Crippen molar-refractivity contribution in [1.82, 2.24) is 4.90 Å². The molecule has 4 heteroatoms. The lowest BCUT2D eigenvalue weighted by Gasteiger charge is -2.30. The molecule has 18 heavy (non-hydrogen) atoms. The third-order valence-electron chi connectivity index (χ3n) is 3.62. The molecule has 1 aliphatic heterocycles. The van der Waals surface area contributed by atoms with Crippen molar-refractivity contribution in [2.75, 3.05) is 6.54 Å². The van der Waals surface area contributed by atoms with Gasteiger partial charge in [0.15, 0.2) is 0 Å². The number of carbonyl (C=O) groups is 1. The van der Waals surface area contributed by atoms with Gasteiger partial charge in [-0.15, -0.1) is 0 Å². The predicted molar refractivity (Wildman–Crippen MR) is 70.6 cm³/mol. The van der Waals surface area contributed by atoms with Gasteiger partial charge in [0.05, 0.1) is 11.6 Å². The van der Waals surface area contributed by atoms with Crippen molar-refractivity contribution in [3.05, 3.63) is 35.4 Å². The molecule has 1 heterocycles. The molecular weight excluding hydrogens is 228 g/mol. The summed E-state index contributed by atoms with van der Waals surface area (Å²) < 4.78 is 0. The van der Waals surface area contributed by atoms with Crippen LogP contribution in [0.3, 0.4) is 0 Å². The summed E-state index contributed by atoms with van der Waals surface area (Å²) in [4.78, 5) is 13.4. The van der Waals surface area contributed by atoms with Crippen LogP contribution in [0.1, 0.15) is 42.2 Å². The highest BCUT2D eigenvalue weighted by atomic mass is 16.4. The van der Waals surface area contributed by atoms with E-state index >= 15 is 0 Å². The SMILES string of the molecule is CC(C)N1CC[C@@H](N)[C@@H]1c1cccc(C(=O)O)c1. The van der Waals surface area contributed by atoms with Crippen molar-refractivity contribution >= 4 is 5.97 Å². The summed E-state index contributed by atoms with van der Waals surface area (Å²) in [5, 5.41) is 9.05. The molecule has 2 rings (SSSR count). The maximum Gasteiger partial charge on any atom is 0.335 e. The van der Waals surface area contributed by atoms with Crippen LogP contribution in [-0.2, 0) is 0 Å². The Bertz CT molecular complexity index is 445. The molecule has 1 aromatic rings. The molecule has 0 aromatic heterocycles. The van der Waals surface area contributed by atoms with Gasteiger partial charge in [-0.3, -0.25) is 4.90 Å². The third kappa shape index (κ3) is 2.40. The van der Waals surface area contributed by atoms with E-state index in [-0.39, 0.29) is 12.1 Å². The largest absolute Gasteiger partial charge is 0.478 e. The monoisotopic (exact) mass is 248 g/mol. The Labute approximate surface area is 107 Å². The van der Waals surface area contributed by atoms with Gasteiger partial charge in [-0.25, -0.2) is 4.79 Å². The number of carboxylic acid groups (broad SMARTS) is 1. The molecule has 4 nitrogen and oxygen atoms in total. The molecule has 3 N–H and O–H groups in total. The summed E-state index contributed by atoms with van der Waals surface area (Å²) in [6.45, 7) is 5.26. The average Bonchev–Trinajstić information content (AvgIpc) is 2.71. The molecule has 1 aliphatic rings. The standard InChI is InChI=1S/C14H20N2O2/c1-9(2)16-7-6-12(15)13(16)10-4-3-5-11(8-10)14(17)18/h3-5,8-9,12-13H,6-7,15H2,1-2H3,(H,17,18)/t12-,13+/m1/s1. The number of likely N-dealkylation sites (tertiary alicyclic amines) is 1. The van der Waals surface area contributed by atoms with Gasteiger partial charge in [-0.2, -0.15) is 0 Å². The molecule has 1 fully saturated rings.